The van der Waals surface area contributed by atoms with E-state index >= 15 is 0 Å². The molecule has 0 radical (unpaired) electrons. The molecule has 0 amide bonds. The number of hydrogen-bond donors (Lipinski definition) is 0. The standard InChI is InChI=1S/C34H42N2O6.C31H36N2O5S/c1-4-5-14-39-25-9-7-24(8-10-25)36-18-22-16-31(2)23(15-28(22)35-36)6-11-26-27-12-13-33(32(27,3)17-29(37)30(26)31)34(42-21-40-33)19-38-20-41-34;1-28-13-19-15-32-33(21-5-7-22(39-3)8-6-21)25(19)12-20(28)4-9-23-24-10-11-30(29(24,2)14-26(34)27(23)28)31(38-18-36-30)16-35-17-37-31/h7-10,15,18,26-27,30H,4-6,11-14,16-17,19-21H2,1-3H3;5-8,12,15,23-24,27H,4,9-11,13-14,16-18H2,1-3H3/t26-,27-,30+,31-,32-,33+,34?;23-,24-,27+,28-,29-,30+,31?/m00/s1. The molecule has 15 nitrogen and oxygen atoms in total. The van der Waals surface area contributed by atoms with Gasteiger partial charge in [0.05, 0.1) is 35.6 Å². The van der Waals surface area contributed by atoms with Crippen LogP contribution in [-0.4, -0.2) is 107 Å². The molecule has 16 rings (SSSR count). The number of benzene rings is 2. The Morgan fingerprint density at radius 3 is 1.77 bits per heavy atom. The molecule has 4 aliphatic heterocycles. The van der Waals surface area contributed by atoms with Gasteiger partial charge in [0.2, 0.25) is 11.6 Å². The maximum Gasteiger partial charge on any atom is 0.226 e. The predicted molar refractivity (Wildman–Crippen MR) is 301 cm³/mol. The number of aromatic nitrogens is 4. The summed E-state index contributed by atoms with van der Waals surface area (Å²) in [7, 11) is 0. The fraction of sp³-hybridized carbons (Fsp3) is 0.631. The highest BCUT2D eigenvalue weighted by molar-refractivity contribution is 7.98. The smallest absolute Gasteiger partial charge is 0.226 e. The van der Waals surface area contributed by atoms with Crippen molar-refractivity contribution in [1.82, 2.24) is 19.6 Å². The van der Waals surface area contributed by atoms with Gasteiger partial charge in [-0.15, -0.1) is 11.8 Å². The molecule has 4 saturated heterocycles. The zero-order chi connectivity index (χ0) is 55.4. The number of thioether (sulfide) groups is 1. The Hall–Kier alpha value is -4.49. The number of fused-ring (bicyclic) bond motifs is 16. The second-order valence-electron chi connectivity index (χ2n) is 26.8. The Morgan fingerprint density at radius 2 is 1.21 bits per heavy atom. The number of unbranched alkanes of at least 4 members (excludes halogenated alkanes) is 1. The molecule has 10 fully saturated rings. The van der Waals surface area contributed by atoms with Gasteiger partial charge in [-0.05, 0) is 172 Å². The molecule has 430 valence electrons. The van der Waals surface area contributed by atoms with Gasteiger partial charge in [-0.25, -0.2) is 9.36 Å². The fourth-order valence-corrected chi connectivity index (χ4v) is 20.2. The Balaban J connectivity index is 0.000000140. The molecule has 2 aromatic heterocycles. The van der Waals surface area contributed by atoms with Gasteiger partial charge in [-0.1, -0.05) is 52.2 Å². The van der Waals surface area contributed by atoms with Crippen molar-refractivity contribution in [2.24, 2.45) is 57.2 Å². The maximum absolute atomic E-state index is 14.4. The molecule has 12 aliphatic rings. The van der Waals surface area contributed by atoms with Crippen LogP contribution < -0.4 is 4.74 Å². The van der Waals surface area contributed by atoms with Gasteiger partial charge in [0.25, 0.3) is 0 Å². The minimum absolute atomic E-state index is 0.000737. The molecule has 0 N–H and O–H groups in total. The Bertz CT molecular complexity index is 3220. The Morgan fingerprint density at radius 1 is 0.654 bits per heavy atom. The van der Waals surface area contributed by atoms with Crippen molar-refractivity contribution in [1.29, 1.82) is 0 Å². The highest BCUT2D eigenvalue weighted by Gasteiger charge is 2.79. The van der Waals surface area contributed by atoms with Crippen LogP contribution in [-0.2, 0) is 60.3 Å². The van der Waals surface area contributed by atoms with Crippen LogP contribution in [0.15, 0.2) is 77.0 Å². The normalized spacial score (nSPS) is 41.2. The van der Waals surface area contributed by atoms with Gasteiger partial charge in [-0.3, -0.25) is 9.59 Å². The quantitative estimate of drug-likeness (QED) is 0.127. The Labute approximate surface area is 479 Å². The van der Waals surface area contributed by atoms with E-state index in [1.165, 1.54) is 32.9 Å². The molecule has 81 heavy (non-hydrogen) atoms. The average molecular weight is 1120 g/mol. The van der Waals surface area contributed by atoms with Crippen molar-refractivity contribution in [2.75, 3.05) is 53.2 Å². The number of Topliss-reactive ketones (excluding diaryl/α,β-unsaturated/α-hetero) is 2. The van der Waals surface area contributed by atoms with E-state index in [1.54, 1.807) is 11.8 Å². The second-order valence-corrected chi connectivity index (χ2v) is 27.7. The van der Waals surface area contributed by atoms with Crippen LogP contribution in [0, 0.1) is 57.2 Å². The number of hydrogen-bond acceptors (Lipinski definition) is 14. The molecule has 14 atom stereocenters. The molecular formula is C65H78N4O11S. The van der Waals surface area contributed by atoms with E-state index in [2.05, 4.69) is 100 Å². The van der Waals surface area contributed by atoms with Crippen molar-refractivity contribution in [3.8, 4) is 17.1 Å². The lowest BCUT2D eigenvalue weighted by atomic mass is 9.45. The molecule has 6 heterocycles. The largest absolute Gasteiger partial charge is 0.494 e. The van der Waals surface area contributed by atoms with Crippen LogP contribution in [0.25, 0.3) is 23.5 Å². The highest BCUT2D eigenvalue weighted by Crippen LogP contribution is 2.73. The lowest BCUT2D eigenvalue weighted by Gasteiger charge is -2.59. The number of carbonyl (C=O) groups excluding carboxylic acids is 2. The summed E-state index contributed by atoms with van der Waals surface area (Å²) in [6.45, 7) is 13.7. The zero-order valence-corrected chi connectivity index (χ0v) is 48.7. The minimum Gasteiger partial charge on any atom is -0.494 e. The highest BCUT2D eigenvalue weighted by atomic mass is 32.2. The SMILES string of the molecule is CCCCOc1ccc(-n2cc3c(n2)C=C2CC[C@@H]4[C@H](C(=O)C[C@@]5(C)[C@H]4CC[C@@]54OCOC45COCO5)[C@@]2(C)C3)cc1.CSc1ccc(-n2ncc3c2C=C2CC[C@@H]4[C@H](C(=O)C[C@@]5(C)[C@H]4CC[C@@]54OCOC45COCO5)[C@@]2(C)C3)cc1. The third-order valence-electron chi connectivity index (χ3n) is 23.5. The third kappa shape index (κ3) is 7.36. The molecular weight excluding hydrogens is 1040 g/mol. The minimum atomic E-state index is -0.901. The van der Waals surface area contributed by atoms with Gasteiger partial charge in [0.1, 0.15) is 41.7 Å². The maximum atomic E-state index is 14.4. The summed E-state index contributed by atoms with van der Waals surface area (Å²) in [4.78, 5) is 30.0. The van der Waals surface area contributed by atoms with E-state index in [-0.39, 0.29) is 60.7 Å². The lowest BCUT2D eigenvalue weighted by molar-refractivity contribution is -0.246. The summed E-state index contributed by atoms with van der Waals surface area (Å²) >= 11 is 1.74. The van der Waals surface area contributed by atoms with E-state index in [1.807, 2.05) is 23.0 Å². The van der Waals surface area contributed by atoms with E-state index in [9.17, 15) is 9.59 Å². The first-order valence-electron chi connectivity index (χ1n) is 30.2. The number of ketones is 2. The van der Waals surface area contributed by atoms with Crippen molar-refractivity contribution < 1.29 is 52.2 Å². The summed E-state index contributed by atoms with van der Waals surface area (Å²) in [5.41, 5.74) is 7.22. The molecule has 4 aromatic rings. The topological polar surface area (TPSA) is 153 Å². The first-order valence-corrected chi connectivity index (χ1v) is 31.4. The van der Waals surface area contributed by atoms with Gasteiger partial charge in [-0.2, -0.15) is 10.2 Å². The average Bonchev–Trinajstić information content (AvgIpc) is 2.03. The van der Waals surface area contributed by atoms with E-state index in [4.69, 9.17) is 52.8 Å². The number of allylic oxidation sites excluding steroid dienone is 2. The van der Waals surface area contributed by atoms with Gasteiger partial charge < -0.3 is 42.6 Å². The van der Waals surface area contributed by atoms with Crippen LogP contribution in [0.3, 0.4) is 0 Å². The first-order chi connectivity index (χ1) is 39.2. The number of ether oxygens (including phenoxy) is 9. The van der Waals surface area contributed by atoms with Crippen molar-refractivity contribution in [3.63, 3.8) is 0 Å². The van der Waals surface area contributed by atoms with Gasteiger partial charge >= 0.3 is 0 Å². The van der Waals surface area contributed by atoms with Crippen LogP contribution in [0.5, 0.6) is 5.75 Å². The summed E-state index contributed by atoms with van der Waals surface area (Å²) in [6.07, 6.45) is 23.6. The molecule has 16 heteroatoms. The van der Waals surface area contributed by atoms with Gasteiger partial charge in [0.15, 0.2) is 27.2 Å². The lowest BCUT2D eigenvalue weighted by Crippen LogP contribution is -2.65. The number of nitrogens with zero attached hydrogens (tertiary/aromatic N) is 4. The van der Waals surface area contributed by atoms with Crippen molar-refractivity contribution >= 4 is 35.5 Å². The number of rotatable bonds is 7. The van der Waals surface area contributed by atoms with Crippen LogP contribution in [0.2, 0.25) is 0 Å². The summed E-state index contributed by atoms with van der Waals surface area (Å²) in [5.74, 6) is 1.27. The van der Waals surface area contributed by atoms with E-state index in [0.29, 0.717) is 61.3 Å². The van der Waals surface area contributed by atoms with Crippen LogP contribution >= 0.6 is 11.8 Å². The fourth-order valence-electron chi connectivity index (χ4n) is 19.8. The van der Waals surface area contributed by atoms with Crippen LogP contribution in [0.4, 0.5) is 0 Å². The molecule has 0 bridgehead atoms. The van der Waals surface area contributed by atoms with Crippen LogP contribution in [0.1, 0.15) is 134 Å². The Kier molecular flexibility index (Phi) is 12.5. The summed E-state index contributed by atoms with van der Waals surface area (Å²) < 4.78 is 58.7. The molecule has 2 unspecified atom stereocenters. The number of carbonyl (C=O) groups is 2. The summed E-state index contributed by atoms with van der Waals surface area (Å²) in [5, 5.41) is 9.80. The van der Waals surface area contributed by atoms with E-state index in [0.717, 1.165) is 106 Å². The molecule has 6 saturated carbocycles. The zero-order valence-electron chi connectivity index (χ0n) is 47.9. The monoisotopic (exact) mass is 1120 g/mol. The summed E-state index contributed by atoms with van der Waals surface area (Å²) in [6, 6.07) is 16.8. The van der Waals surface area contributed by atoms with Crippen molar-refractivity contribution in [2.45, 2.75) is 152 Å². The molecule has 2 aromatic carbocycles. The van der Waals surface area contributed by atoms with E-state index < -0.39 is 22.8 Å². The molecule has 8 aliphatic carbocycles. The van der Waals surface area contributed by atoms with Gasteiger partial charge in [0, 0.05) is 57.4 Å². The second kappa shape index (κ2) is 19.0. The molecule has 4 spiro atoms. The predicted octanol–water partition coefficient (Wildman–Crippen LogP) is 11.3. The van der Waals surface area contributed by atoms with Crippen molar-refractivity contribution in [3.05, 3.63) is 94.6 Å². The third-order valence-corrected chi connectivity index (χ3v) is 24.2. The first kappa shape index (κ1) is 53.3.